The molecule has 0 radical (unpaired) electrons. The largest absolute Gasteiger partial charge is 0.474 e. The highest BCUT2D eigenvalue weighted by Gasteiger charge is 2.59. The van der Waals surface area contributed by atoms with Crippen LogP contribution < -0.4 is 4.74 Å². The fourth-order valence-corrected chi connectivity index (χ4v) is 3.33. The topological polar surface area (TPSA) is 62.0 Å². The summed E-state index contributed by atoms with van der Waals surface area (Å²) in [6, 6.07) is 6.72. The van der Waals surface area contributed by atoms with Gasteiger partial charge in [0.2, 0.25) is 11.9 Å². The molecule has 30 heavy (non-hydrogen) atoms. The van der Waals surface area contributed by atoms with E-state index in [1.807, 2.05) is 6.07 Å². The van der Waals surface area contributed by atoms with Gasteiger partial charge >= 0.3 is 12.4 Å². The number of piperidine rings is 1. The lowest BCUT2D eigenvalue weighted by Crippen LogP contribution is -2.57. The van der Waals surface area contributed by atoms with Crippen molar-refractivity contribution in [2.75, 3.05) is 13.1 Å². The molecule has 0 atom stereocenters. The van der Waals surface area contributed by atoms with Crippen molar-refractivity contribution >= 4 is 0 Å². The molecule has 0 aliphatic carbocycles. The SMILES string of the molecule is N#Cc1cccc(-c2cc(OC3CCN(C(C(F)(F)F)C(F)(F)F)CC3)ncn2)c1. The van der Waals surface area contributed by atoms with Crippen LogP contribution in [0.2, 0.25) is 0 Å². The minimum atomic E-state index is -5.40. The molecule has 1 fully saturated rings. The number of nitriles is 1. The summed E-state index contributed by atoms with van der Waals surface area (Å²) in [4.78, 5) is 8.46. The molecule has 11 heteroatoms. The maximum Gasteiger partial charge on any atom is 0.412 e. The molecule has 5 nitrogen and oxygen atoms in total. The molecule has 0 spiro atoms. The number of nitrogens with zero attached hydrogens (tertiary/aromatic N) is 4. The van der Waals surface area contributed by atoms with Crippen LogP contribution in [0.1, 0.15) is 18.4 Å². The van der Waals surface area contributed by atoms with Crippen LogP contribution in [0.3, 0.4) is 0 Å². The molecule has 2 heterocycles. The van der Waals surface area contributed by atoms with Crippen LogP contribution >= 0.6 is 0 Å². The monoisotopic (exact) mass is 430 g/mol. The standard InChI is InChI=1S/C19H16F6N4O/c20-18(21,22)17(19(23,24)25)29-6-4-14(5-7-29)30-16-9-15(27-11-28-16)13-3-1-2-12(8-13)10-26/h1-3,8-9,11,14,17H,4-7H2. The molecule has 0 bridgehead atoms. The molecule has 0 saturated carbocycles. The number of rotatable bonds is 4. The molecule has 1 aliphatic heterocycles. The van der Waals surface area contributed by atoms with E-state index in [9.17, 15) is 26.3 Å². The van der Waals surface area contributed by atoms with E-state index < -0.39 is 37.6 Å². The molecular weight excluding hydrogens is 414 g/mol. The number of hydrogen-bond donors (Lipinski definition) is 0. The molecule has 1 saturated heterocycles. The minimum Gasteiger partial charge on any atom is -0.474 e. The highest BCUT2D eigenvalue weighted by atomic mass is 19.4. The molecule has 160 valence electrons. The Bertz CT molecular complexity index is 902. The van der Waals surface area contributed by atoms with Crippen LogP contribution in [0.25, 0.3) is 11.3 Å². The molecule has 0 unspecified atom stereocenters. The highest BCUT2D eigenvalue weighted by Crippen LogP contribution is 2.38. The van der Waals surface area contributed by atoms with Gasteiger partial charge in [-0.15, -0.1) is 0 Å². The smallest absolute Gasteiger partial charge is 0.412 e. The van der Waals surface area contributed by atoms with Gasteiger partial charge in [-0.25, -0.2) is 9.97 Å². The van der Waals surface area contributed by atoms with E-state index in [2.05, 4.69) is 9.97 Å². The van der Waals surface area contributed by atoms with E-state index in [1.165, 1.54) is 12.4 Å². The zero-order valence-electron chi connectivity index (χ0n) is 15.4. The summed E-state index contributed by atoms with van der Waals surface area (Å²) in [5.41, 5.74) is 1.56. The molecule has 2 aromatic rings. The Hall–Kier alpha value is -2.87. The van der Waals surface area contributed by atoms with Gasteiger partial charge in [-0.2, -0.15) is 31.6 Å². The van der Waals surface area contributed by atoms with E-state index >= 15 is 0 Å². The van der Waals surface area contributed by atoms with Crippen LogP contribution in [0.15, 0.2) is 36.7 Å². The lowest BCUT2D eigenvalue weighted by molar-refractivity contribution is -0.289. The summed E-state index contributed by atoms with van der Waals surface area (Å²) >= 11 is 0. The Morgan fingerprint density at radius 1 is 1.03 bits per heavy atom. The Morgan fingerprint density at radius 3 is 2.30 bits per heavy atom. The Labute approximate surface area is 167 Å². The van der Waals surface area contributed by atoms with E-state index in [1.54, 1.807) is 24.3 Å². The number of benzene rings is 1. The van der Waals surface area contributed by atoms with Gasteiger partial charge in [0.05, 0.1) is 17.3 Å². The van der Waals surface area contributed by atoms with Crippen molar-refractivity contribution in [3.05, 3.63) is 42.2 Å². The summed E-state index contributed by atoms with van der Waals surface area (Å²) in [5.74, 6) is 0.156. The van der Waals surface area contributed by atoms with Crippen LogP contribution in [0.5, 0.6) is 5.88 Å². The van der Waals surface area contributed by atoms with Crippen LogP contribution in [-0.4, -0.2) is 52.5 Å². The average Bonchev–Trinajstić information content (AvgIpc) is 2.67. The molecule has 1 aliphatic rings. The fourth-order valence-electron chi connectivity index (χ4n) is 3.33. The average molecular weight is 430 g/mol. The van der Waals surface area contributed by atoms with Gasteiger partial charge in [-0.3, -0.25) is 4.90 Å². The number of likely N-dealkylation sites (tertiary alicyclic amines) is 1. The van der Waals surface area contributed by atoms with E-state index in [0.29, 0.717) is 21.7 Å². The van der Waals surface area contributed by atoms with E-state index in [-0.39, 0.29) is 18.7 Å². The Balaban J connectivity index is 1.66. The van der Waals surface area contributed by atoms with Crippen molar-refractivity contribution in [3.63, 3.8) is 0 Å². The molecule has 3 rings (SSSR count). The number of ether oxygens (including phenoxy) is 1. The van der Waals surface area contributed by atoms with Gasteiger partial charge in [0.25, 0.3) is 0 Å². The van der Waals surface area contributed by atoms with Gasteiger partial charge < -0.3 is 4.74 Å². The number of halogens is 6. The minimum absolute atomic E-state index is 0.00802. The zero-order valence-corrected chi connectivity index (χ0v) is 15.4. The van der Waals surface area contributed by atoms with Gasteiger partial charge in [0.1, 0.15) is 12.4 Å². The molecule has 0 N–H and O–H groups in total. The Morgan fingerprint density at radius 2 is 1.70 bits per heavy atom. The van der Waals surface area contributed by atoms with Crippen molar-refractivity contribution < 1.29 is 31.1 Å². The lowest BCUT2D eigenvalue weighted by Gasteiger charge is -2.38. The quantitative estimate of drug-likeness (QED) is 0.675. The van der Waals surface area contributed by atoms with E-state index in [0.717, 1.165) is 0 Å². The predicted octanol–water partition coefficient (Wildman–Crippen LogP) is 4.35. The van der Waals surface area contributed by atoms with Crippen molar-refractivity contribution in [2.45, 2.75) is 37.3 Å². The second-order valence-corrected chi connectivity index (χ2v) is 6.77. The van der Waals surface area contributed by atoms with Crippen molar-refractivity contribution in [1.29, 1.82) is 5.26 Å². The van der Waals surface area contributed by atoms with Crippen LogP contribution in [-0.2, 0) is 0 Å². The summed E-state index contributed by atoms with van der Waals surface area (Å²) in [5, 5.41) is 8.99. The third kappa shape index (κ3) is 5.18. The summed E-state index contributed by atoms with van der Waals surface area (Å²) in [7, 11) is 0. The second kappa shape index (κ2) is 8.47. The summed E-state index contributed by atoms with van der Waals surface area (Å²) < 4.78 is 82.9. The number of hydrogen-bond acceptors (Lipinski definition) is 5. The van der Waals surface area contributed by atoms with Gasteiger partial charge in [0, 0.05) is 24.7 Å². The molecule has 1 aromatic carbocycles. The maximum absolute atomic E-state index is 12.9. The van der Waals surface area contributed by atoms with Crippen molar-refractivity contribution in [2.24, 2.45) is 0 Å². The predicted molar refractivity (Wildman–Crippen MR) is 93.3 cm³/mol. The van der Waals surface area contributed by atoms with Gasteiger partial charge in [0.15, 0.2) is 0 Å². The van der Waals surface area contributed by atoms with Crippen LogP contribution in [0.4, 0.5) is 26.3 Å². The van der Waals surface area contributed by atoms with Gasteiger partial charge in [-0.05, 0) is 25.0 Å². The number of aromatic nitrogens is 2. The normalized spacial score (nSPS) is 16.5. The first kappa shape index (κ1) is 21.8. The van der Waals surface area contributed by atoms with Crippen LogP contribution in [0, 0.1) is 11.3 Å². The third-order valence-electron chi connectivity index (χ3n) is 4.68. The molecule has 0 amide bonds. The maximum atomic E-state index is 12.9. The third-order valence-corrected chi connectivity index (χ3v) is 4.68. The molecule has 1 aromatic heterocycles. The Kier molecular flexibility index (Phi) is 6.17. The summed E-state index contributed by atoms with van der Waals surface area (Å²) in [6.45, 7) is -0.812. The highest BCUT2D eigenvalue weighted by molar-refractivity contribution is 5.61. The first-order chi connectivity index (χ1) is 14.1. The number of alkyl halides is 6. The summed E-state index contributed by atoms with van der Waals surface area (Å²) in [6.07, 6.45) is -10.1. The van der Waals surface area contributed by atoms with Crippen molar-refractivity contribution in [3.8, 4) is 23.2 Å². The van der Waals surface area contributed by atoms with E-state index in [4.69, 9.17) is 10.00 Å². The fraction of sp³-hybridized carbons (Fsp3) is 0.421. The lowest BCUT2D eigenvalue weighted by atomic mass is 10.0. The van der Waals surface area contributed by atoms with Gasteiger partial charge in [-0.1, -0.05) is 12.1 Å². The molecular formula is C19H16F6N4O. The first-order valence-corrected chi connectivity index (χ1v) is 8.94. The van der Waals surface area contributed by atoms with Crippen molar-refractivity contribution in [1.82, 2.24) is 14.9 Å². The first-order valence-electron chi connectivity index (χ1n) is 8.94. The second-order valence-electron chi connectivity index (χ2n) is 6.77. The zero-order chi connectivity index (χ0) is 21.9.